The van der Waals surface area contributed by atoms with Gasteiger partial charge in [0.15, 0.2) is 0 Å². The van der Waals surface area contributed by atoms with Crippen molar-refractivity contribution in [1.82, 2.24) is 10.3 Å². The van der Waals surface area contributed by atoms with Crippen molar-refractivity contribution in [3.63, 3.8) is 0 Å². The second-order valence-electron chi connectivity index (χ2n) is 6.09. The maximum absolute atomic E-state index is 6.47. The van der Waals surface area contributed by atoms with Crippen molar-refractivity contribution in [3.8, 4) is 0 Å². The molecule has 4 N–H and O–H groups in total. The lowest BCUT2D eigenvalue weighted by Gasteiger charge is -2.31. The van der Waals surface area contributed by atoms with E-state index in [0.29, 0.717) is 11.8 Å². The molecule has 0 amide bonds. The highest BCUT2D eigenvalue weighted by Gasteiger charge is 2.29. The molecule has 2 aliphatic rings. The van der Waals surface area contributed by atoms with Gasteiger partial charge in [-0.25, -0.2) is 15.0 Å². The number of nitrogens with two attached hydrogens (primary N) is 1. The van der Waals surface area contributed by atoms with Gasteiger partial charge in [0.25, 0.3) is 0 Å². The molecule has 0 bridgehead atoms. The number of hydrogen-bond acceptors (Lipinski definition) is 8. The van der Waals surface area contributed by atoms with E-state index in [0.717, 1.165) is 37.6 Å². The summed E-state index contributed by atoms with van der Waals surface area (Å²) in [6.07, 6.45) is 3.25. The molecule has 1 aromatic heterocycles. The van der Waals surface area contributed by atoms with Crippen LogP contribution in [0.1, 0.15) is 5.56 Å². The minimum atomic E-state index is -1.08. The SMILES string of the molecule is NC1(c2ccc(N3CCOCC3)cc2)N=C(Nc2ccccn2)N=CN1. The minimum absolute atomic E-state index is 0.405. The van der Waals surface area contributed by atoms with Gasteiger partial charge in [0, 0.05) is 30.5 Å². The van der Waals surface area contributed by atoms with E-state index in [1.165, 1.54) is 0 Å². The summed E-state index contributed by atoms with van der Waals surface area (Å²) in [5.41, 5.74) is 8.47. The quantitative estimate of drug-likeness (QED) is 0.765. The predicted octanol–water partition coefficient (Wildman–Crippen LogP) is 1.09. The van der Waals surface area contributed by atoms with Crippen LogP contribution in [0.5, 0.6) is 0 Å². The molecule has 1 aromatic carbocycles. The highest BCUT2D eigenvalue weighted by molar-refractivity contribution is 5.99. The Bertz CT molecular complexity index is 800. The van der Waals surface area contributed by atoms with Crippen LogP contribution >= 0.6 is 0 Å². The summed E-state index contributed by atoms with van der Waals surface area (Å²) >= 11 is 0. The summed E-state index contributed by atoms with van der Waals surface area (Å²) in [7, 11) is 0. The molecule has 1 unspecified atom stereocenters. The normalized spacial score (nSPS) is 22.5. The van der Waals surface area contributed by atoms with Crippen LogP contribution in [0.15, 0.2) is 58.6 Å². The summed E-state index contributed by atoms with van der Waals surface area (Å²) in [6, 6.07) is 13.7. The number of hydrogen-bond donors (Lipinski definition) is 3. The number of nitrogens with zero attached hydrogens (tertiary/aromatic N) is 4. The third-order valence-electron chi connectivity index (χ3n) is 4.34. The Morgan fingerprint density at radius 3 is 2.65 bits per heavy atom. The number of nitrogens with one attached hydrogen (secondary N) is 2. The molecule has 8 heteroatoms. The number of rotatable bonds is 3. The monoisotopic (exact) mass is 351 g/mol. The summed E-state index contributed by atoms with van der Waals surface area (Å²) < 4.78 is 5.40. The Hall–Kier alpha value is -2.97. The molecule has 3 heterocycles. The Labute approximate surface area is 151 Å². The Morgan fingerprint density at radius 2 is 1.92 bits per heavy atom. The maximum Gasteiger partial charge on any atom is 0.228 e. The second kappa shape index (κ2) is 7.11. The van der Waals surface area contributed by atoms with E-state index in [-0.39, 0.29) is 0 Å². The molecule has 1 saturated heterocycles. The Morgan fingerprint density at radius 1 is 1.12 bits per heavy atom. The van der Waals surface area contributed by atoms with Crippen molar-refractivity contribution in [2.24, 2.45) is 15.7 Å². The van der Waals surface area contributed by atoms with Gasteiger partial charge in [-0.1, -0.05) is 18.2 Å². The van der Waals surface area contributed by atoms with Gasteiger partial charge in [-0.3, -0.25) is 5.73 Å². The number of anilines is 2. The standard InChI is InChI=1S/C18H21N7O/c19-18(14-4-6-15(7-5-14)25-9-11-26-12-10-25)22-13-21-17(24-18)23-16-3-1-2-8-20-16/h1-8,13H,9-12,19H2,(H2,20,21,22,23,24). The second-order valence-corrected chi connectivity index (χ2v) is 6.09. The van der Waals surface area contributed by atoms with Gasteiger partial charge in [-0.05, 0) is 24.3 Å². The van der Waals surface area contributed by atoms with Gasteiger partial charge in [-0.2, -0.15) is 0 Å². The first kappa shape index (κ1) is 16.5. The van der Waals surface area contributed by atoms with Gasteiger partial charge >= 0.3 is 0 Å². The zero-order valence-corrected chi connectivity index (χ0v) is 14.3. The van der Waals surface area contributed by atoms with Crippen LogP contribution in [0.2, 0.25) is 0 Å². The molecule has 134 valence electrons. The molecule has 0 saturated carbocycles. The number of guanidine groups is 1. The highest BCUT2D eigenvalue weighted by atomic mass is 16.5. The topological polar surface area (TPSA) is 100 Å². The smallest absolute Gasteiger partial charge is 0.228 e. The minimum Gasteiger partial charge on any atom is -0.378 e. The summed E-state index contributed by atoms with van der Waals surface area (Å²) in [5, 5.41) is 6.10. The summed E-state index contributed by atoms with van der Waals surface area (Å²) in [6.45, 7) is 3.31. The van der Waals surface area contributed by atoms with Crippen molar-refractivity contribution < 1.29 is 4.74 Å². The molecule has 0 radical (unpaired) electrons. The average molecular weight is 351 g/mol. The van der Waals surface area contributed by atoms with Crippen LogP contribution in [-0.2, 0) is 10.5 Å². The fraction of sp³-hybridized carbons (Fsp3) is 0.278. The fourth-order valence-corrected chi connectivity index (χ4v) is 2.93. The molecule has 2 aromatic rings. The molecular weight excluding hydrogens is 330 g/mol. The lowest BCUT2D eigenvalue weighted by Crippen LogP contribution is -2.51. The predicted molar refractivity (Wildman–Crippen MR) is 102 cm³/mol. The number of aromatic nitrogens is 1. The van der Waals surface area contributed by atoms with Crippen LogP contribution < -0.4 is 21.3 Å². The first-order valence-corrected chi connectivity index (χ1v) is 8.53. The van der Waals surface area contributed by atoms with Crippen molar-refractivity contribution in [2.45, 2.75) is 5.79 Å². The summed E-state index contributed by atoms with van der Waals surface area (Å²) in [4.78, 5) is 15.2. The van der Waals surface area contributed by atoms with Crippen molar-refractivity contribution in [2.75, 3.05) is 36.5 Å². The van der Waals surface area contributed by atoms with Crippen LogP contribution in [-0.4, -0.2) is 43.6 Å². The molecular formula is C18H21N7O. The third kappa shape index (κ3) is 3.51. The number of morpholine rings is 1. The molecule has 0 spiro atoms. The van der Waals surface area contributed by atoms with Crippen LogP contribution in [0.3, 0.4) is 0 Å². The molecule has 1 atom stereocenters. The zero-order valence-electron chi connectivity index (χ0n) is 14.3. The van der Waals surface area contributed by atoms with E-state index < -0.39 is 5.79 Å². The highest BCUT2D eigenvalue weighted by Crippen LogP contribution is 2.23. The first-order valence-electron chi connectivity index (χ1n) is 8.53. The van der Waals surface area contributed by atoms with Gasteiger partial charge in [-0.15, -0.1) is 0 Å². The number of pyridine rings is 1. The maximum atomic E-state index is 6.47. The lowest BCUT2D eigenvalue weighted by atomic mass is 10.1. The van der Waals surface area contributed by atoms with Gasteiger partial charge in [0.2, 0.25) is 11.7 Å². The third-order valence-corrected chi connectivity index (χ3v) is 4.34. The van der Waals surface area contributed by atoms with Crippen LogP contribution in [0, 0.1) is 0 Å². The van der Waals surface area contributed by atoms with Gasteiger partial charge in [0.1, 0.15) is 5.82 Å². The Balaban J connectivity index is 1.53. The average Bonchev–Trinajstić information content (AvgIpc) is 2.70. The number of ether oxygens (including phenoxy) is 1. The first-order chi connectivity index (χ1) is 12.7. The molecule has 1 fully saturated rings. The van der Waals surface area contributed by atoms with Crippen LogP contribution in [0.25, 0.3) is 0 Å². The van der Waals surface area contributed by atoms with Crippen molar-refractivity contribution in [3.05, 3.63) is 54.2 Å². The van der Waals surface area contributed by atoms with E-state index in [4.69, 9.17) is 10.5 Å². The van der Waals surface area contributed by atoms with Crippen molar-refractivity contribution in [1.29, 1.82) is 0 Å². The fourth-order valence-electron chi connectivity index (χ4n) is 2.93. The van der Waals surface area contributed by atoms with Gasteiger partial charge in [0.05, 0.1) is 19.6 Å². The largest absolute Gasteiger partial charge is 0.378 e. The molecule has 4 rings (SSSR count). The Kier molecular flexibility index (Phi) is 4.51. The lowest BCUT2D eigenvalue weighted by molar-refractivity contribution is 0.122. The van der Waals surface area contributed by atoms with Crippen molar-refractivity contribution >= 4 is 23.8 Å². The molecule has 0 aliphatic carbocycles. The van der Waals surface area contributed by atoms with Gasteiger partial charge < -0.3 is 20.3 Å². The number of aliphatic imine (C=N–C) groups is 2. The zero-order chi connectivity index (χ0) is 17.8. The molecule has 2 aliphatic heterocycles. The summed E-state index contributed by atoms with van der Waals surface area (Å²) in [5.74, 6) is -0.0138. The van der Waals surface area contributed by atoms with Crippen LogP contribution in [0.4, 0.5) is 11.5 Å². The van der Waals surface area contributed by atoms with E-state index in [1.807, 2.05) is 30.3 Å². The van der Waals surface area contributed by atoms with E-state index in [9.17, 15) is 0 Å². The number of benzene rings is 1. The van der Waals surface area contributed by atoms with E-state index >= 15 is 0 Å². The molecule has 26 heavy (non-hydrogen) atoms. The molecule has 8 nitrogen and oxygen atoms in total. The van der Waals surface area contributed by atoms with E-state index in [1.54, 1.807) is 12.5 Å². The van der Waals surface area contributed by atoms with E-state index in [2.05, 4.69) is 42.6 Å².